The van der Waals surface area contributed by atoms with Crippen molar-refractivity contribution in [3.05, 3.63) is 36.3 Å². The molecule has 0 aliphatic heterocycles. The molecular weight excluding hydrogens is 334 g/mol. The zero-order valence-electron chi connectivity index (χ0n) is 14.3. The smallest absolute Gasteiger partial charge is 0.222 e. The topological polar surface area (TPSA) is 102 Å². The molecule has 8 heteroatoms. The second-order valence-corrected chi connectivity index (χ2v) is 6.26. The first kappa shape index (κ1) is 16.5. The van der Waals surface area contributed by atoms with Crippen LogP contribution in [0, 0.1) is 0 Å². The first-order valence-electron chi connectivity index (χ1n) is 8.52. The molecule has 26 heavy (non-hydrogen) atoms. The Morgan fingerprint density at radius 2 is 2.23 bits per heavy atom. The maximum atomic E-state index is 11.3. The molecule has 0 saturated heterocycles. The van der Waals surface area contributed by atoms with Crippen LogP contribution in [0.2, 0.25) is 0 Å². The average Bonchev–Trinajstić information content (AvgIpc) is 3.40. The van der Waals surface area contributed by atoms with Gasteiger partial charge in [-0.1, -0.05) is 0 Å². The summed E-state index contributed by atoms with van der Waals surface area (Å²) in [7, 11) is 0. The molecule has 4 rings (SSSR count). The van der Waals surface area contributed by atoms with Gasteiger partial charge in [0.2, 0.25) is 5.91 Å². The van der Waals surface area contributed by atoms with Crippen molar-refractivity contribution in [2.24, 2.45) is 0 Å². The van der Waals surface area contributed by atoms with E-state index >= 15 is 0 Å². The second-order valence-electron chi connectivity index (χ2n) is 6.26. The number of carbonyl (C=O) groups is 1. The summed E-state index contributed by atoms with van der Waals surface area (Å²) in [5.74, 6) is 1.96. The molecule has 3 heterocycles. The maximum Gasteiger partial charge on any atom is 0.222 e. The fourth-order valence-electron chi connectivity index (χ4n) is 2.88. The van der Waals surface area contributed by atoms with E-state index in [0.29, 0.717) is 23.3 Å². The van der Waals surface area contributed by atoms with Gasteiger partial charge in [-0.2, -0.15) is 5.10 Å². The number of amides is 1. The molecule has 3 aromatic heterocycles. The molecule has 8 nitrogen and oxygen atoms in total. The zero-order chi connectivity index (χ0) is 18.1. The first-order valence-corrected chi connectivity index (χ1v) is 8.52. The van der Waals surface area contributed by atoms with E-state index in [4.69, 9.17) is 14.9 Å². The minimum atomic E-state index is -0.178. The third-order valence-corrected chi connectivity index (χ3v) is 4.16. The van der Waals surface area contributed by atoms with Crippen molar-refractivity contribution < 1.29 is 14.6 Å². The number of aromatic nitrogens is 4. The number of carbonyl (C=O) groups excluding carboxylic acids is 1. The molecule has 0 atom stereocenters. The Bertz CT molecular complexity index is 965. The predicted octanol–water partition coefficient (Wildman–Crippen LogP) is 2.02. The number of nitrogens with one attached hydrogen (secondary N) is 1. The first-order chi connectivity index (χ1) is 12.7. The lowest BCUT2D eigenvalue weighted by molar-refractivity contribution is -0.114. The summed E-state index contributed by atoms with van der Waals surface area (Å²) in [6.07, 6.45) is 5.63. The van der Waals surface area contributed by atoms with Crippen LogP contribution >= 0.6 is 0 Å². The van der Waals surface area contributed by atoms with Gasteiger partial charge in [-0.25, -0.2) is 14.6 Å². The van der Waals surface area contributed by atoms with E-state index in [1.54, 1.807) is 35.3 Å². The highest BCUT2D eigenvalue weighted by atomic mass is 16.5. The lowest BCUT2D eigenvalue weighted by Crippen LogP contribution is -2.07. The van der Waals surface area contributed by atoms with E-state index in [9.17, 15) is 4.79 Å². The maximum absolute atomic E-state index is 11.3. The molecule has 0 unspecified atom stereocenters. The van der Waals surface area contributed by atoms with Gasteiger partial charge in [-0.05, 0) is 18.9 Å². The van der Waals surface area contributed by atoms with Crippen LogP contribution in [0.5, 0.6) is 5.75 Å². The van der Waals surface area contributed by atoms with Gasteiger partial charge >= 0.3 is 0 Å². The summed E-state index contributed by atoms with van der Waals surface area (Å²) >= 11 is 0. The number of aliphatic hydroxyl groups is 1. The van der Waals surface area contributed by atoms with Crippen LogP contribution in [0.4, 0.5) is 5.82 Å². The normalized spacial score (nSPS) is 13.8. The van der Waals surface area contributed by atoms with Gasteiger partial charge < -0.3 is 15.2 Å². The fourth-order valence-corrected chi connectivity index (χ4v) is 2.88. The molecule has 1 fully saturated rings. The number of anilines is 1. The Balaban J connectivity index is 1.81. The Kier molecular flexibility index (Phi) is 4.26. The van der Waals surface area contributed by atoms with E-state index < -0.39 is 0 Å². The van der Waals surface area contributed by atoms with Gasteiger partial charge in [-0.15, -0.1) is 0 Å². The van der Waals surface area contributed by atoms with Crippen molar-refractivity contribution >= 4 is 22.6 Å². The molecule has 2 N–H and O–H groups in total. The number of pyridine rings is 2. The van der Waals surface area contributed by atoms with Crippen LogP contribution in [0.3, 0.4) is 0 Å². The minimum Gasteiger partial charge on any atom is -0.491 e. The number of fused-ring (bicyclic) bond motifs is 1. The lowest BCUT2D eigenvalue weighted by Gasteiger charge is -2.07. The predicted molar refractivity (Wildman–Crippen MR) is 95.5 cm³/mol. The van der Waals surface area contributed by atoms with Crippen molar-refractivity contribution in [2.75, 3.05) is 18.5 Å². The molecule has 1 amide bonds. The minimum absolute atomic E-state index is 0.0556. The third-order valence-electron chi connectivity index (χ3n) is 4.16. The molecule has 0 spiro atoms. The molecule has 3 aromatic rings. The summed E-state index contributed by atoms with van der Waals surface area (Å²) in [5, 5.41) is 17.4. The third kappa shape index (κ3) is 3.23. The van der Waals surface area contributed by atoms with Crippen molar-refractivity contribution in [1.82, 2.24) is 19.7 Å². The Labute approximate surface area is 149 Å². The summed E-state index contributed by atoms with van der Waals surface area (Å²) < 4.78 is 7.22. The van der Waals surface area contributed by atoms with Crippen LogP contribution in [-0.2, 0) is 4.79 Å². The number of hydrogen-bond acceptors (Lipinski definition) is 6. The second kappa shape index (κ2) is 6.72. The van der Waals surface area contributed by atoms with Gasteiger partial charge in [0.1, 0.15) is 18.2 Å². The zero-order valence-corrected chi connectivity index (χ0v) is 14.3. The SMILES string of the molecule is CC(=O)Nc1cc2c(cn1)c(C1CC1)nn2-c1cc(OCCO)ccn1. The van der Waals surface area contributed by atoms with Crippen molar-refractivity contribution in [3.63, 3.8) is 0 Å². The van der Waals surface area contributed by atoms with Crippen LogP contribution in [0.1, 0.15) is 31.4 Å². The highest BCUT2D eigenvalue weighted by Crippen LogP contribution is 2.43. The van der Waals surface area contributed by atoms with Gasteiger partial charge in [0, 0.05) is 42.8 Å². The molecule has 0 aromatic carbocycles. The summed E-state index contributed by atoms with van der Waals surface area (Å²) in [4.78, 5) is 20.1. The molecule has 1 aliphatic carbocycles. The Morgan fingerprint density at radius 3 is 2.96 bits per heavy atom. The summed E-state index contributed by atoms with van der Waals surface area (Å²) in [6.45, 7) is 1.61. The van der Waals surface area contributed by atoms with E-state index in [1.807, 2.05) is 0 Å². The van der Waals surface area contributed by atoms with Gasteiger partial charge in [0.25, 0.3) is 0 Å². The number of rotatable bonds is 6. The van der Waals surface area contributed by atoms with E-state index in [-0.39, 0.29) is 19.1 Å². The van der Waals surface area contributed by atoms with E-state index in [0.717, 1.165) is 29.4 Å². The molecule has 134 valence electrons. The van der Waals surface area contributed by atoms with Crippen LogP contribution in [0.15, 0.2) is 30.6 Å². The Morgan fingerprint density at radius 1 is 1.38 bits per heavy atom. The van der Waals surface area contributed by atoms with Crippen molar-refractivity contribution in [2.45, 2.75) is 25.7 Å². The van der Waals surface area contributed by atoms with Crippen LogP contribution < -0.4 is 10.1 Å². The van der Waals surface area contributed by atoms with Gasteiger partial charge in [0.15, 0.2) is 5.82 Å². The largest absolute Gasteiger partial charge is 0.491 e. The van der Waals surface area contributed by atoms with Crippen LogP contribution in [0.25, 0.3) is 16.7 Å². The molecule has 0 bridgehead atoms. The van der Waals surface area contributed by atoms with Crippen molar-refractivity contribution in [3.8, 4) is 11.6 Å². The number of ether oxygens (including phenoxy) is 1. The van der Waals surface area contributed by atoms with E-state index in [1.165, 1.54) is 6.92 Å². The lowest BCUT2D eigenvalue weighted by atomic mass is 10.2. The highest BCUT2D eigenvalue weighted by Gasteiger charge is 2.30. The average molecular weight is 353 g/mol. The summed E-state index contributed by atoms with van der Waals surface area (Å²) in [5.41, 5.74) is 1.84. The van der Waals surface area contributed by atoms with Gasteiger partial charge in [0.05, 0.1) is 17.8 Å². The molecular formula is C18H19N5O3. The van der Waals surface area contributed by atoms with E-state index in [2.05, 4.69) is 15.3 Å². The van der Waals surface area contributed by atoms with Crippen LogP contribution in [-0.4, -0.2) is 44.0 Å². The van der Waals surface area contributed by atoms with Crippen molar-refractivity contribution in [1.29, 1.82) is 0 Å². The Hall–Kier alpha value is -3.00. The monoisotopic (exact) mass is 353 g/mol. The fraction of sp³-hybridized carbons (Fsp3) is 0.333. The standard InChI is InChI=1S/C18H19N5O3/c1-11(25)21-16-9-15-14(10-20-16)18(12-2-3-12)22-23(15)17-8-13(4-5-19-17)26-7-6-24/h4-5,8-10,12,24H,2-3,6-7H2,1H3,(H,20,21,25). The highest BCUT2D eigenvalue weighted by molar-refractivity contribution is 5.91. The van der Waals surface area contributed by atoms with Gasteiger partial charge in [-0.3, -0.25) is 4.79 Å². The quantitative estimate of drug-likeness (QED) is 0.703. The molecule has 0 radical (unpaired) electrons. The summed E-state index contributed by atoms with van der Waals surface area (Å²) in [6, 6.07) is 5.31. The molecule has 1 saturated carbocycles. The molecule has 1 aliphatic rings. The number of nitrogens with zero attached hydrogens (tertiary/aromatic N) is 4. The number of hydrogen-bond donors (Lipinski definition) is 2. The number of aliphatic hydroxyl groups excluding tert-OH is 1.